The molecule has 2 aromatic rings. The first-order valence-corrected chi connectivity index (χ1v) is 12.0. The molecular formula is C21H23N3O11S. The number of nitrogens with two attached hydrogens (primary N) is 1. The molecule has 0 saturated carbocycles. The van der Waals surface area contributed by atoms with Crippen molar-refractivity contribution in [1.82, 2.24) is 9.55 Å². The van der Waals surface area contributed by atoms with E-state index in [1.807, 2.05) is 4.98 Å². The molecule has 15 heteroatoms. The fraction of sp³-hybridized carbons (Fsp3) is 0.381. The fourth-order valence-corrected chi connectivity index (χ4v) is 4.77. The van der Waals surface area contributed by atoms with Gasteiger partial charge in [-0.25, -0.2) is 4.79 Å². The Morgan fingerprint density at radius 1 is 1.08 bits per heavy atom. The molecule has 4 atom stereocenters. The standard InChI is InChI=1S/C21H23N3O11S/c1-11(25)32-9-15-16(35-36(30,31)10-13-6-4-3-5-7-13)17(33-12(2)26)20(34-15)24-8-14(18(22)27)19(28)23-21(24)29/h3-8,15-17,20H,9-10H2,1-2H3,(H2,22,27)(H,23,28,29)/t15-,16+,17-,20-/m1/s1. The van der Waals surface area contributed by atoms with Gasteiger partial charge < -0.3 is 19.9 Å². The number of ether oxygens (including phenoxy) is 3. The molecule has 14 nitrogen and oxygen atoms in total. The maximum atomic E-state index is 12.9. The van der Waals surface area contributed by atoms with Crippen molar-refractivity contribution in [2.24, 2.45) is 5.73 Å². The lowest BCUT2D eigenvalue weighted by Gasteiger charge is -2.24. The number of nitrogens with one attached hydrogen (secondary N) is 1. The first kappa shape index (κ1) is 26.8. The van der Waals surface area contributed by atoms with Crippen LogP contribution >= 0.6 is 0 Å². The minimum absolute atomic E-state index is 0.400. The average Bonchev–Trinajstić information content (AvgIpc) is 3.08. The Hall–Kier alpha value is -3.82. The largest absolute Gasteiger partial charge is 0.463 e. The summed E-state index contributed by atoms with van der Waals surface area (Å²) in [5, 5.41) is 0. The number of H-pyrrole nitrogens is 1. The molecule has 2 heterocycles. The zero-order chi connectivity index (χ0) is 26.6. The topological polar surface area (TPSA) is 203 Å². The normalized spacial score (nSPS) is 21.6. The first-order valence-electron chi connectivity index (χ1n) is 10.4. The lowest BCUT2D eigenvalue weighted by Crippen LogP contribution is -2.43. The van der Waals surface area contributed by atoms with Crippen molar-refractivity contribution < 1.29 is 41.2 Å². The van der Waals surface area contributed by atoms with Gasteiger partial charge in [-0.3, -0.25) is 32.9 Å². The number of aromatic nitrogens is 2. The predicted molar refractivity (Wildman–Crippen MR) is 120 cm³/mol. The van der Waals surface area contributed by atoms with E-state index in [4.69, 9.17) is 24.1 Å². The van der Waals surface area contributed by atoms with Gasteiger partial charge in [0.25, 0.3) is 21.6 Å². The smallest absolute Gasteiger partial charge is 0.330 e. The molecule has 3 rings (SSSR count). The first-order chi connectivity index (χ1) is 16.9. The van der Waals surface area contributed by atoms with Gasteiger partial charge in [-0.1, -0.05) is 30.3 Å². The summed E-state index contributed by atoms with van der Waals surface area (Å²) in [6.07, 6.45) is -5.31. The van der Waals surface area contributed by atoms with Crippen LogP contribution in [0.4, 0.5) is 0 Å². The monoisotopic (exact) mass is 525 g/mol. The van der Waals surface area contributed by atoms with Gasteiger partial charge in [-0.05, 0) is 5.56 Å². The number of esters is 2. The number of benzene rings is 1. The summed E-state index contributed by atoms with van der Waals surface area (Å²) in [6, 6.07) is 8.06. The van der Waals surface area contributed by atoms with Crippen LogP contribution in [0.15, 0.2) is 46.1 Å². The zero-order valence-corrected chi connectivity index (χ0v) is 19.9. The third-order valence-corrected chi connectivity index (χ3v) is 6.19. The van der Waals surface area contributed by atoms with E-state index in [0.29, 0.717) is 10.1 Å². The quantitative estimate of drug-likeness (QED) is 0.298. The van der Waals surface area contributed by atoms with E-state index in [0.717, 1.165) is 20.0 Å². The van der Waals surface area contributed by atoms with Crippen LogP contribution in [0.25, 0.3) is 0 Å². The van der Waals surface area contributed by atoms with Gasteiger partial charge in [-0.15, -0.1) is 0 Å². The number of primary amides is 1. The van der Waals surface area contributed by atoms with Crippen LogP contribution in [0.1, 0.15) is 36.0 Å². The Morgan fingerprint density at radius 2 is 1.75 bits per heavy atom. The van der Waals surface area contributed by atoms with E-state index >= 15 is 0 Å². The summed E-state index contributed by atoms with van der Waals surface area (Å²) in [6.45, 7) is 1.59. The zero-order valence-electron chi connectivity index (χ0n) is 19.1. The van der Waals surface area contributed by atoms with Crippen molar-refractivity contribution >= 4 is 28.0 Å². The van der Waals surface area contributed by atoms with Crippen molar-refractivity contribution in [3.63, 3.8) is 0 Å². The molecule has 1 fully saturated rings. The third-order valence-electron chi connectivity index (χ3n) is 4.99. The number of carbonyl (C=O) groups is 3. The number of hydrogen-bond acceptors (Lipinski definition) is 11. The van der Waals surface area contributed by atoms with Gasteiger partial charge in [0.1, 0.15) is 30.1 Å². The second-order valence-electron chi connectivity index (χ2n) is 7.76. The average molecular weight is 525 g/mol. The van der Waals surface area contributed by atoms with E-state index < -0.39 is 81.7 Å². The van der Waals surface area contributed by atoms with Crippen LogP contribution < -0.4 is 17.0 Å². The van der Waals surface area contributed by atoms with Crippen LogP contribution in [-0.2, 0) is 43.9 Å². The van der Waals surface area contributed by atoms with E-state index in [1.165, 1.54) is 0 Å². The van der Waals surface area contributed by atoms with E-state index in [1.54, 1.807) is 30.3 Å². The molecular weight excluding hydrogens is 502 g/mol. The van der Waals surface area contributed by atoms with Gasteiger partial charge in [0.05, 0.1) is 0 Å². The molecule has 1 aliphatic heterocycles. The number of hydrogen-bond donors (Lipinski definition) is 2. The maximum Gasteiger partial charge on any atom is 0.330 e. The van der Waals surface area contributed by atoms with Gasteiger partial charge in [0.15, 0.2) is 12.3 Å². The molecule has 0 bridgehead atoms. The molecule has 36 heavy (non-hydrogen) atoms. The Bertz CT molecular complexity index is 1370. The Balaban J connectivity index is 2.04. The number of aromatic amines is 1. The van der Waals surface area contributed by atoms with Crippen molar-refractivity contribution in [3.05, 3.63) is 68.5 Å². The second kappa shape index (κ2) is 10.8. The highest BCUT2D eigenvalue weighted by Crippen LogP contribution is 2.35. The number of carbonyl (C=O) groups excluding carboxylic acids is 3. The summed E-state index contributed by atoms with van der Waals surface area (Å²) in [5.41, 5.74) is 2.82. The molecule has 1 saturated heterocycles. The number of rotatable bonds is 9. The van der Waals surface area contributed by atoms with Gasteiger partial charge in [0.2, 0.25) is 0 Å². The lowest BCUT2D eigenvalue weighted by molar-refractivity contribution is -0.155. The Kier molecular flexibility index (Phi) is 8.07. The molecule has 1 aromatic heterocycles. The van der Waals surface area contributed by atoms with Gasteiger partial charge in [0, 0.05) is 20.0 Å². The molecule has 0 radical (unpaired) electrons. The van der Waals surface area contributed by atoms with Crippen molar-refractivity contribution in [2.45, 2.75) is 44.1 Å². The molecule has 0 aliphatic carbocycles. The minimum atomic E-state index is -4.33. The minimum Gasteiger partial charge on any atom is -0.463 e. The van der Waals surface area contributed by atoms with Crippen LogP contribution in [0.3, 0.4) is 0 Å². The van der Waals surface area contributed by atoms with Crippen molar-refractivity contribution in [2.75, 3.05) is 6.61 Å². The molecule has 1 aliphatic rings. The van der Waals surface area contributed by atoms with E-state index in [-0.39, 0.29) is 0 Å². The third kappa shape index (κ3) is 6.44. The number of amides is 1. The van der Waals surface area contributed by atoms with Crippen LogP contribution in [-0.4, -0.2) is 60.7 Å². The molecule has 1 amide bonds. The summed E-state index contributed by atoms with van der Waals surface area (Å²) in [4.78, 5) is 61.2. The number of nitrogens with zero attached hydrogens (tertiary/aromatic N) is 1. The van der Waals surface area contributed by atoms with Crippen molar-refractivity contribution in [3.8, 4) is 0 Å². The maximum absolute atomic E-state index is 12.9. The fourth-order valence-electron chi connectivity index (χ4n) is 3.53. The Morgan fingerprint density at radius 3 is 2.33 bits per heavy atom. The molecule has 194 valence electrons. The molecule has 0 unspecified atom stereocenters. The predicted octanol–water partition coefficient (Wildman–Crippen LogP) is -1.06. The summed E-state index contributed by atoms with van der Waals surface area (Å²) < 4.78 is 47.7. The van der Waals surface area contributed by atoms with Crippen molar-refractivity contribution in [1.29, 1.82) is 0 Å². The van der Waals surface area contributed by atoms with Gasteiger partial charge in [-0.2, -0.15) is 8.42 Å². The Labute approximate surface area is 204 Å². The molecule has 3 N–H and O–H groups in total. The van der Waals surface area contributed by atoms with E-state index in [9.17, 15) is 32.4 Å². The summed E-state index contributed by atoms with van der Waals surface area (Å²) in [5.74, 6) is -3.33. The van der Waals surface area contributed by atoms with Crippen LogP contribution in [0, 0.1) is 0 Å². The highest BCUT2D eigenvalue weighted by molar-refractivity contribution is 7.85. The highest BCUT2D eigenvalue weighted by Gasteiger charge is 2.51. The van der Waals surface area contributed by atoms with Crippen LogP contribution in [0.5, 0.6) is 0 Å². The SMILES string of the molecule is CC(=O)OC[C@H]1O[C@@H](n2cc(C(N)=O)c(=O)[nH]c2=O)[C@H](OC(C)=O)[C@H]1OS(=O)(=O)Cc1ccccc1. The summed E-state index contributed by atoms with van der Waals surface area (Å²) >= 11 is 0. The van der Waals surface area contributed by atoms with Gasteiger partial charge >= 0.3 is 17.6 Å². The second-order valence-corrected chi connectivity index (χ2v) is 9.36. The summed E-state index contributed by atoms with van der Waals surface area (Å²) in [7, 11) is -4.33. The lowest BCUT2D eigenvalue weighted by atomic mass is 10.1. The van der Waals surface area contributed by atoms with Crippen LogP contribution in [0.2, 0.25) is 0 Å². The molecule has 0 spiro atoms. The van der Waals surface area contributed by atoms with E-state index in [2.05, 4.69) is 0 Å². The highest BCUT2D eigenvalue weighted by atomic mass is 32.2. The molecule has 1 aromatic carbocycles.